The number of ether oxygens (including phenoxy) is 1. The molecule has 172 valence electrons. The fourth-order valence-corrected chi connectivity index (χ4v) is 4.78. The Morgan fingerprint density at radius 2 is 1.72 bits per heavy atom. The van der Waals surface area contributed by atoms with Crippen LogP contribution in [0.1, 0.15) is 15.9 Å². The van der Waals surface area contributed by atoms with Crippen LogP contribution in [0.3, 0.4) is 0 Å². The number of methoxy groups -OCH3 is 1. The molecule has 1 amide bonds. The summed E-state index contributed by atoms with van der Waals surface area (Å²) in [5.41, 5.74) is -2.10. The van der Waals surface area contributed by atoms with E-state index in [0.29, 0.717) is 0 Å². The number of carbonyl (C=O) groups is 1. The SMILES string of the molecule is COc1ccc(S(=O)(=O)N2CCN(C(=O)c3ccccc3C(F)(F)F)CC2)cc1[N+](=O)[O-]. The molecule has 2 aromatic carbocycles. The van der Waals surface area contributed by atoms with Gasteiger partial charge in [-0.2, -0.15) is 17.5 Å². The molecule has 0 N–H and O–H groups in total. The third kappa shape index (κ3) is 4.53. The number of hydrogen-bond acceptors (Lipinski definition) is 6. The number of alkyl halides is 3. The predicted molar refractivity (Wildman–Crippen MR) is 106 cm³/mol. The second-order valence-corrected chi connectivity index (χ2v) is 8.77. The average Bonchev–Trinajstić information content (AvgIpc) is 2.77. The van der Waals surface area contributed by atoms with Gasteiger partial charge < -0.3 is 9.64 Å². The van der Waals surface area contributed by atoms with Crippen LogP contribution < -0.4 is 4.74 Å². The summed E-state index contributed by atoms with van der Waals surface area (Å²) in [6.07, 6.45) is -4.71. The molecule has 1 fully saturated rings. The zero-order chi connectivity index (χ0) is 23.7. The summed E-state index contributed by atoms with van der Waals surface area (Å²) in [6, 6.07) is 7.59. The average molecular weight is 473 g/mol. The summed E-state index contributed by atoms with van der Waals surface area (Å²) in [5, 5.41) is 11.2. The van der Waals surface area contributed by atoms with Crippen LogP contribution in [0.15, 0.2) is 47.4 Å². The van der Waals surface area contributed by atoms with Gasteiger partial charge in [-0.1, -0.05) is 12.1 Å². The highest BCUT2D eigenvalue weighted by Crippen LogP contribution is 2.33. The number of rotatable bonds is 5. The van der Waals surface area contributed by atoms with Crippen molar-refractivity contribution in [2.45, 2.75) is 11.1 Å². The van der Waals surface area contributed by atoms with Crippen LogP contribution in [0.2, 0.25) is 0 Å². The second-order valence-electron chi connectivity index (χ2n) is 6.83. The predicted octanol–water partition coefficient (Wildman–Crippen LogP) is 2.77. The van der Waals surface area contributed by atoms with Crippen molar-refractivity contribution >= 4 is 21.6 Å². The molecule has 1 saturated heterocycles. The van der Waals surface area contributed by atoms with Gasteiger partial charge in [0, 0.05) is 32.2 Å². The lowest BCUT2D eigenvalue weighted by atomic mass is 10.1. The van der Waals surface area contributed by atoms with Crippen LogP contribution in [0.5, 0.6) is 5.75 Å². The van der Waals surface area contributed by atoms with Crippen molar-refractivity contribution < 1.29 is 36.0 Å². The summed E-state index contributed by atoms with van der Waals surface area (Å²) >= 11 is 0. The van der Waals surface area contributed by atoms with Crippen molar-refractivity contribution in [3.8, 4) is 5.75 Å². The molecule has 2 aromatic rings. The van der Waals surface area contributed by atoms with Gasteiger partial charge in [0.15, 0.2) is 5.75 Å². The van der Waals surface area contributed by atoms with Crippen LogP contribution >= 0.6 is 0 Å². The molecule has 0 saturated carbocycles. The Kier molecular flexibility index (Phi) is 6.41. The van der Waals surface area contributed by atoms with E-state index in [-0.39, 0.29) is 36.8 Å². The molecular weight excluding hydrogens is 455 g/mol. The summed E-state index contributed by atoms with van der Waals surface area (Å²) in [6.45, 7) is -0.630. The minimum atomic E-state index is -4.71. The highest BCUT2D eigenvalue weighted by molar-refractivity contribution is 7.89. The Morgan fingerprint density at radius 3 is 2.28 bits per heavy atom. The normalized spacial score (nSPS) is 15.4. The van der Waals surface area contributed by atoms with E-state index in [2.05, 4.69) is 0 Å². The maximum atomic E-state index is 13.2. The summed E-state index contributed by atoms with van der Waals surface area (Å²) < 4.78 is 71.3. The quantitative estimate of drug-likeness (QED) is 0.488. The third-order valence-corrected chi connectivity index (χ3v) is 6.87. The zero-order valence-corrected chi connectivity index (χ0v) is 17.5. The molecule has 1 aliphatic heterocycles. The molecule has 0 unspecified atom stereocenters. The van der Waals surface area contributed by atoms with Crippen molar-refractivity contribution in [3.05, 3.63) is 63.7 Å². The van der Waals surface area contributed by atoms with Crippen molar-refractivity contribution in [3.63, 3.8) is 0 Å². The molecule has 0 spiro atoms. The lowest BCUT2D eigenvalue weighted by molar-refractivity contribution is -0.386. The highest BCUT2D eigenvalue weighted by atomic mass is 32.2. The highest BCUT2D eigenvalue weighted by Gasteiger charge is 2.37. The topological polar surface area (TPSA) is 110 Å². The largest absolute Gasteiger partial charge is 0.490 e. The molecule has 0 bridgehead atoms. The van der Waals surface area contributed by atoms with Gasteiger partial charge in [0.25, 0.3) is 5.91 Å². The number of halogens is 3. The Labute approximate surface area is 181 Å². The van der Waals surface area contributed by atoms with Crippen molar-refractivity contribution in [1.29, 1.82) is 0 Å². The van der Waals surface area contributed by atoms with Gasteiger partial charge in [-0.15, -0.1) is 0 Å². The number of piperazine rings is 1. The molecule has 9 nitrogen and oxygen atoms in total. The third-order valence-electron chi connectivity index (χ3n) is 4.97. The van der Waals surface area contributed by atoms with Gasteiger partial charge in [0.2, 0.25) is 10.0 Å². The second kappa shape index (κ2) is 8.74. The summed E-state index contributed by atoms with van der Waals surface area (Å²) in [7, 11) is -2.92. The zero-order valence-electron chi connectivity index (χ0n) is 16.7. The van der Waals surface area contributed by atoms with E-state index in [1.807, 2.05) is 0 Å². The Bertz CT molecular complexity index is 1150. The van der Waals surface area contributed by atoms with Crippen molar-refractivity contribution in [1.82, 2.24) is 9.21 Å². The monoisotopic (exact) mass is 473 g/mol. The first kappa shape index (κ1) is 23.5. The molecule has 3 rings (SSSR count). The molecule has 1 heterocycles. The number of nitro benzene ring substituents is 1. The maximum Gasteiger partial charge on any atom is 0.417 e. The van der Waals surface area contributed by atoms with E-state index in [0.717, 1.165) is 33.5 Å². The number of benzene rings is 2. The fourth-order valence-electron chi connectivity index (χ4n) is 3.34. The fraction of sp³-hybridized carbons (Fsp3) is 0.316. The van der Waals surface area contributed by atoms with E-state index >= 15 is 0 Å². The van der Waals surface area contributed by atoms with Crippen LogP contribution in [0, 0.1) is 10.1 Å². The Morgan fingerprint density at radius 1 is 1.09 bits per heavy atom. The van der Waals surface area contributed by atoms with Crippen LogP contribution in [-0.4, -0.2) is 61.7 Å². The number of nitrogens with zero attached hydrogens (tertiary/aromatic N) is 3. The Hall–Kier alpha value is -3.19. The number of nitro groups is 1. The van der Waals surface area contributed by atoms with Crippen LogP contribution in [0.25, 0.3) is 0 Å². The number of sulfonamides is 1. The smallest absolute Gasteiger partial charge is 0.417 e. The van der Waals surface area contributed by atoms with Gasteiger partial charge >= 0.3 is 11.9 Å². The van der Waals surface area contributed by atoms with E-state index < -0.39 is 43.8 Å². The number of amides is 1. The van der Waals surface area contributed by atoms with Crippen molar-refractivity contribution in [2.75, 3.05) is 33.3 Å². The molecule has 1 aliphatic rings. The van der Waals surface area contributed by atoms with Gasteiger partial charge in [-0.25, -0.2) is 8.42 Å². The molecule has 0 atom stereocenters. The Balaban J connectivity index is 1.78. The number of carbonyl (C=O) groups excluding carboxylic acids is 1. The maximum absolute atomic E-state index is 13.2. The summed E-state index contributed by atoms with van der Waals surface area (Å²) in [5.74, 6) is -0.956. The van der Waals surface area contributed by atoms with Crippen LogP contribution in [0.4, 0.5) is 18.9 Å². The summed E-state index contributed by atoms with van der Waals surface area (Å²) in [4.78, 5) is 23.9. The van der Waals surface area contributed by atoms with E-state index in [1.165, 1.54) is 25.3 Å². The molecular formula is C19H18F3N3O6S. The minimum absolute atomic E-state index is 0.104. The molecule has 0 aromatic heterocycles. The molecule has 13 heteroatoms. The van der Waals surface area contributed by atoms with Gasteiger partial charge in [-0.3, -0.25) is 14.9 Å². The lowest BCUT2D eigenvalue weighted by Crippen LogP contribution is -2.50. The molecule has 32 heavy (non-hydrogen) atoms. The number of hydrogen-bond donors (Lipinski definition) is 0. The first-order chi connectivity index (χ1) is 15.0. The van der Waals surface area contributed by atoms with E-state index in [4.69, 9.17) is 4.74 Å². The first-order valence-electron chi connectivity index (χ1n) is 9.25. The first-order valence-corrected chi connectivity index (χ1v) is 10.7. The molecule has 0 aliphatic carbocycles. The van der Waals surface area contributed by atoms with Crippen LogP contribution in [-0.2, 0) is 16.2 Å². The van der Waals surface area contributed by atoms with Gasteiger partial charge in [0.05, 0.1) is 28.1 Å². The standard InChI is InChI=1S/C19H18F3N3O6S/c1-31-17-7-6-13(12-16(17)25(27)28)32(29,30)24-10-8-23(9-11-24)18(26)14-4-2-3-5-15(14)19(20,21)22/h2-7,12H,8-11H2,1H3. The van der Waals surface area contributed by atoms with E-state index in [1.54, 1.807) is 0 Å². The molecule has 0 radical (unpaired) electrons. The van der Waals surface area contributed by atoms with Gasteiger partial charge in [-0.05, 0) is 24.3 Å². The van der Waals surface area contributed by atoms with Gasteiger partial charge in [0.1, 0.15) is 0 Å². The minimum Gasteiger partial charge on any atom is -0.490 e. The lowest BCUT2D eigenvalue weighted by Gasteiger charge is -2.34. The van der Waals surface area contributed by atoms with E-state index in [9.17, 15) is 36.5 Å². The van der Waals surface area contributed by atoms with Crippen molar-refractivity contribution in [2.24, 2.45) is 0 Å².